The van der Waals surface area contributed by atoms with Crippen molar-refractivity contribution in [1.82, 2.24) is 4.90 Å². The van der Waals surface area contributed by atoms with Crippen molar-refractivity contribution in [2.75, 3.05) is 14.2 Å². The van der Waals surface area contributed by atoms with Crippen LogP contribution in [0.2, 0.25) is 0 Å². The molecule has 3 aromatic carbocycles. The van der Waals surface area contributed by atoms with Crippen LogP contribution in [-0.4, -0.2) is 36.5 Å². The van der Waals surface area contributed by atoms with Crippen molar-refractivity contribution in [3.05, 3.63) is 83.2 Å². The van der Waals surface area contributed by atoms with E-state index in [0.717, 1.165) is 11.1 Å². The molecule has 2 N–H and O–H groups in total. The number of guanidine groups is 1. The number of nitrogens with zero attached hydrogens (tertiary/aromatic N) is 3. The molecule has 0 radical (unpaired) electrons. The van der Waals surface area contributed by atoms with Crippen LogP contribution < -0.4 is 15.2 Å². The quantitative estimate of drug-likeness (QED) is 0.600. The maximum atomic E-state index is 14.4. The number of methoxy groups -OCH3 is 1. The van der Waals surface area contributed by atoms with E-state index in [1.807, 2.05) is 37.3 Å². The summed E-state index contributed by atoms with van der Waals surface area (Å²) in [5.74, 6) is 0.0845. The summed E-state index contributed by atoms with van der Waals surface area (Å²) in [6.07, 6.45) is 0.555. The van der Waals surface area contributed by atoms with Gasteiger partial charge in [-0.15, -0.1) is 0 Å². The van der Waals surface area contributed by atoms with E-state index in [1.54, 1.807) is 31.3 Å². The molecule has 0 fully saturated rings. The third kappa shape index (κ3) is 3.73. The van der Waals surface area contributed by atoms with E-state index in [2.05, 4.69) is 11.1 Å². The summed E-state index contributed by atoms with van der Waals surface area (Å²) in [7, 11) is 3.02. The van der Waals surface area contributed by atoms with Gasteiger partial charge in [0.25, 0.3) is 5.91 Å². The van der Waals surface area contributed by atoms with E-state index in [0.29, 0.717) is 28.9 Å². The van der Waals surface area contributed by atoms with Gasteiger partial charge < -0.3 is 15.2 Å². The number of fused-ring (bicyclic) bond motifs is 2. The lowest BCUT2D eigenvalue weighted by molar-refractivity contribution is -0.133. The fourth-order valence-electron chi connectivity index (χ4n) is 5.17. The number of nitrogens with two attached hydrogens (primary N) is 1. The van der Waals surface area contributed by atoms with Crippen LogP contribution in [0.4, 0.5) is 4.39 Å². The summed E-state index contributed by atoms with van der Waals surface area (Å²) < 4.78 is 25.9. The third-order valence-electron chi connectivity index (χ3n) is 6.84. The monoisotopic (exact) mass is 484 g/mol. The summed E-state index contributed by atoms with van der Waals surface area (Å²) in [4.78, 5) is 19.7. The first-order valence-corrected chi connectivity index (χ1v) is 11.5. The number of carbonyl (C=O) groups excluding carboxylic acids is 1. The number of hydrogen-bond donors (Lipinski definition) is 1. The van der Waals surface area contributed by atoms with Crippen LogP contribution in [-0.2, 0) is 16.8 Å². The lowest BCUT2D eigenvalue weighted by Crippen LogP contribution is -2.51. The summed E-state index contributed by atoms with van der Waals surface area (Å²) in [5.41, 5.74) is 7.48. The van der Waals surface area contributed by atoms with Crippen LogP contribution in [0.5, 0.6) is 11.5 Å². The lowest BCUT2D eigenvalue weighted by Gasteiger charge is -2.43. The molecule has 182 valence electrons. The first kappa shape index (κ1) is 23.4. The second-order valence-corrected chi connectivity index (χ2v) is 9.47. The molecule has 2 atom stereocenters. The van der Waals surface area contributed by atoms with Crippen LogP contribution >= 0.6 is 0 Å². The van der Waals surface area contributed by atoms with E-state index in [4.69, 9.17) is 15.2 Å². The van der Waals surface area contributed by atoms with E-state index in [-0.39, 0.29) is 24.0 Å². The first-order valence-electron chi connectivity index (χ1n) is 11.5. The summed E-state index contributed by atoms with van der Waals surface area (Å²) >= 11 is 0. The molecule has 8 heteroatoms. The average molecular weight is 485 g/mol. The number of hydrogen-bond acceptors (Lipinski definition) is 6. The standard InChI is InChI=1S/C28H25FN4O3/c1-27(14-17-7-9-24(35-3)22(29)12-17)16-28(25(34)33(2)26(31)32-28)21-13-20(8-10-23(21)36-27)19-6-4-5-18(11-19)15-30/h4-13H,14,16H2,1-3H3,(H2,31,32)/t27-,28-/m1/s1. The minimum Gasteiger partial charge on any atom is -0.494 e. The highest BCUT2D eigenvalue weighted by atomic mass is 19.1. The van der Waals surface area contributed by atoms with Gasteiger partial charge in [0.05, 0.1) is 18.7 Å². The van der Waals surface area contributed by atoms with Crippen molar-refractivity contribution in [3.8, 4) is 28.7 Å². The van der Waals surface area contributed by atoms with Gasteiger partial charge in [-0.05, 0) is 60.0 Å². The molecule has 36 heavy (non-hydrogen) atoms. The molecular formula is C28H25FN4O3. The van der Waals surface area contributed by atoms with E-state index in [9.17, 15) is 14.4 Å². The smallest absolute Gasteiger partial charge is 0.261 e. The summed E-state index contributed by atoms with van der Waals surface area (Å²) in [6, 6.07) is 19.8. The number of ether oxygens (including phenoxy) is 2. The maximum absolute atomic E-state index is 14.4. The molecule has 0 unspecified atom stereocenters. The number of halogens is 1. The number of aliphatic imine (C=N–C) groups is 1. The third-order valence-corrected chi connectivity index (χ3v) is 6.84. The highest BCUT2D eigenvalue weighted by molar-refractivity contribution is 6.07. The van der Waals surface area contributed by atoms with Crippen LogP contribution in [0.1, 0.15) is 30.0 Å². The van der Waals surface area contributed by atoms with Gasteiger partial charge in [-0.1, -0.05) is 24.3 Å². The van der Waals surface area contributed by atoms with Crippen LogP contribution in [0, 0.1) is 17.1 Å². The SMILES string of the molecule is COc1ccc(C[C@]2(C)C[C@@]3(N=C(N)N(C)C3=O)c3cc(-c4cccc(C#N)c4)ccc3O2)cc1F. The Morgan fingerprint density at radius 1 is 1.19 bits per heavy atom. The van der Waals surface area contributed by atoms with E-state index >= 15 is 0 Å². The van der Waals surface area contributed by atoms with Gasteiger partial charge in [-0.2, -0.15) is 5.26 Å². The van der Waals surface area contributed by atoms with Crippen molar-refractivity contribution >= 4 is 11.9 Å². The molecule has 1 amide bonds. The Balaban J connectivity index is 1.61. The number of benzene rings is 3. The summed E-state index contributed by atoms with van der Waals surface area (Å²) in [5, 5.41) is 9.30. The predicted molar refractivity (Wildman–Crippen MR) is 133 cm³/mol. The van der Waals surface area contributed by atoms with Crippen molar-refractivity contribution in [3.63, 3.8) is 0 Å². The second kappa shape index (κ2) is 8.38. The minimum absolute atomic E-state index is 0.127. The maximum Gasteiger partial charge on any atom is 0.261 e. The Morgan fingerprint density at radius 3 is 2.64 bits per heavy atom. The molecular weight excluding hydrogens is 459 g/mol. The highest BCUT2D eigenvalue weighted by Gasteiger charge is 2.56. The zero-order valence-electron chi connectivity index (χ0n) is 20.2. The Bertz CT molecular complexity index is 1460. The van der Waals surface area contributed by atoms with Crippen molar-refractivity contribution in [1.29, 1.82) is 5.26 Å². The number of nitriles is 1. The molecule has 2 aliphatic heterocycles. The van der Waals surface area contributed by atoms with Crippen molar-refractivity contribution in [2.24, 2.45) is 10.7 Å². The molecule has 3 aromatic rings. The Kier molecular flexibility index (Phi) is 5.44. The van der Waals surface area contributed by atoms with Crippen molar-refractivity contribution in [2.45, 2.75) is 30.9 Å². The van der Waals surface area contributed by atoms with Crippen LogP contribution in [0.3, 0.4) is 0 Å². The van der Waals surface area contributed by atoms with Gasteiger partial charge in [0.15, 0.2) is 23.1 Å². The molecule has 2 heterocycles. The second-order valence-electron chi connectivity index (χ2n) is 9.47. The van der Waals surface area contributed by atoms with Gasteiger partial charge in [0, 0.05) is 25.5 Å². The first-order chi connectivity index (χ1) is 17.2. The number of amides is 1. The van der Waals surface area contributed by atoms with Crippen molar-refractivity contribution < 1.29 is 18.7 Å². The molecule has 0 aromatic heterocycles. The molecule has 0 saturated heterocycles. The van der Waals surface area contributed by atoms with E-state index in [1.165, 1.54) is 18.1 Å². The molecule has 0 aliphatic carbocycles. The fourth-order valence-corrected chi connectivity index (χ4v) is 5.17. The number of likely N-dealkylation sites (N-methyl/N-ethyl adjacent to an activating group) is 1. The predicted octanol–water partition coefficient (Wildman–Crippen LogP) is 4.14. The normalized spacial score (nSPS) is 22.6. The molecule has 0 saturated carbocycles. The Hall–Kier alpha value is -4.38. The van der Waals surface area contributed by atoms with Crippen LogP contribution in [0.25, 0.3) is 11.1 Å². The number of carbonyl (C=O) groups is 1. The van der Waals surface area contributed by atoms with Gasteiger partial charge in [-0.3, -0.25) is 9.69 Å². The molecule has 0 bridgehead atoms. The van der Waals surface area contributed by atoms with E-state index < -0.39 is 17.0 Å². The lowest BCUT2D eigenvalue weighted by atomic mass is 9.74. The van der Waals surface area contributed by atoms with Gasteiger partial charge in [0.2, 0.25) is 0 Å². The summed E-state index contributed by atoms with van der Waals surface area (Å²) in [6.45, 7) is 1.89. The van der Waals surface area contributed by atoms with Gasteiger partial charge >= 0.3 is 0 Å². The molecule has 1 spiro atoms. The largest absolute Gasteiger partial charge is 0.494 e. The minimum atomic E-state index is -1.28. The topological polar surface area (TPSA) is 101 Å². The Morgan fingerprint density at radius 2 is 1.97 bits per heavy atom. The van der Waals surface area contributed by atoms with Gasteiger partial charge in [-0.25, -0.2) is 9.38 Å². The zero-order valence-corrected chi connectivity index (χ0v) is 20.2. The molecule has 5 rings (SSSR count). The van der Waals surface area contributed by atoms with Crippen LogP contribution in [0.15, 0.2) is 65.7 Å². The number of rotatable bonds is 4. The highest BCUT2D eigenvalue weighted by Crippen LogP contribution is 2.50. The average Bonchev–Trinajstić information content (AvgIpc) is 3.07. The fraction of sp³-hybridized carbons (Fsp3) is 0.250. The zero-order chi connectivity index (χ0) is 25.7. The molecule has 7 nitrogen and oxygen atoms in total. The van der Waals surface area contributed by atoms with Gasteiger partial charge in [0.1, 0.15) is 11.4 Å². The Labute approximate surface area is 208 Å². The molecule has 2 aliphatic rings.